The summed E-state index contributed by atoms with van der Waals surface area (Å²) in [6, 6.07) is 5.60. The molecule has 26 heavy (non-hydrogen) atoms. The average Bonchev–Trinajstić information content (AvgIpc) is 2.55. The Bertz CT molecular complexity index is 652. The van der Waals surface area contributed by atoms with E-state index < -0.39 is 0 Å². The molecule has 1 aliphatic heterocycles. The topological polar surface area (TPSA) is 61.9 Å². The molecule has 0 aromatic heterocycles. The van der Waals surface area contributed by atoms with Gasteiger partial charge in [0.25, 0.3) is 0 Å². The Morgan fingerprint density at radius 1 is 1.27 bits per heavy atom. The normalized spacial score (nSPS) is 21.6. The first kappa shape index (κ1) is 20.4. The lowest BCUT2D eigenvalue weighted by Gasteiger charge is -2.38. The van der Waals surface area contributed by atoms with Crippen molar-refractivity contribution < 1.29 is 14.3 Å². The Morgan fingerprint density at radius 3 is 2.50 bits per heavy atom. The van der Waals surface area contributed by atoms with Crippen LogP contribution in [0.2, 0.25) is 0 Å². The molecule has 3 atom stereocenters. The van der Waals surface area contributed by atoms with Crippen LogP contribution in [-0.2, 0) is 14.3 Å². The number of aryl methyl sites for hydroxylation is 2. The van der Waals surface area contributed by atoms with Crippen molar-refractivity contribution in [2.75, 3.05) is 32.0 Å². The number of anilines is 1. The molecular formula is C20H31N3O3. The Kier molecular flexibility index (Phi) is 6.78. The maximum atomic E-state index is 12.8. The van der Waals surface area contributed by atoms with E-state index in [4.69, 9.17) is 4.74 Å². The highest BCUT2D eigenvalue weighted by Gasteiger charge is 2.30. The minimum absolute atomic E-state index is 0.0350. The van der Waals surface area contributed by atoms with Crippen LogP contribution in [0, 0.1) is 13.8 Å². The summed E-state index contributed by atoms with van der Waals surface area (Å²) in [4.78, 5) is 28.8. The molecule has 0 saturated carbocycles. The summed E-state index contributed by atoms with van der Waals surface area (Å²) < 4.78 is 5.69. The number of amides is 2. The number of nitrogens with zero attached hydrogens (tertiary/aromatic N) is 2. The first-order chi connectivity index (χ1) is 12.2. The number of benzene rings is 1. The van der Waals surface area contributed by atoms with E-state index >= 15 is 0 Å². The van der Waals surface area contributed by atoms with E-state index in [1.807, 2.05) is 57.7 Å². The van der Waals surface area contributed by atoms with Crippen molar-refractivity contribution in [1.29, 1.82) is 0 Å². The zero-order valence-corrected chi connectivity index (χ0v) is 16.7. The van der Waals surface area contributed by atoms with Crippen molar-refractivity contribution in [3.63, 3.8) is 0 Å². The van der Waals surface area contributed by atoms with Gasteiger partial charge in [0, 0.05) is 18.8 Å². The maximum absolute atomic E-state index is 12.8. The summed E-state index contributed by atoms with van der Waals surface area (Å²) in [6.45, 7) is 11.1. The molecule has 1 N–H and O–H groups in total. The number of carbonyl (C=O) groups excluding carboxylic acids is 2. The standard InChI is InChI=1S/C20H31N3O3/c1-13-7-8-14(2)18(9-13)21-19(24)12-22(6)17(5)20(25)23-10-15(3)26-16(4)11-23/h7-9,15-17H,10-12H2,1-6H3,(H,21,24)/t15-,16+,17-/m1/s1. The number of hydrogen-bond donors (Lipinski definition) is 1. The van der Waals surface area contributed by atoms with Crippen molar-refractivity contribution >= 4 is 17.5 Å². The summed E-state index contributed by atoms with van der Waals surface area (Å²) in [5.41, 5.74) is 2.93. The molecule has 6 heteroatoms. The van der Waals surface area contributed by atoms with Crippen molar-refractivity contribution in [3.05, 3.63) is 29.3 Å². The summed E-state index contributed by atoms with van der Waals surface area (Å²) in [7, 11) is 1.80. The molecule has 0 bridgehead atoms. The minimum atomic E-state index is -0.364. The Labute approximate surface area is 156 Å². The van der Waals surface area contributed by atoms with Crippen LogP contribution in [0.1, 0.15) is 31.9 Å². The van der Waals surface area contributed by atoms with Gasteiger partial charge in [0.05, 0.1) is 24.8 Å². The van der Waals surface area contributed by atoms with E-state index in [-0.39, 0.29) is 36.6 Å². The van der Waals surface area contributed by atoms with E-state index in [0.29, 0.717) is 13.1 Å². The van der Waals surface area contributed by atoms with E-state index in [0.717, 1.165) is 16.8 Å². The molecule has 1 heterocycles. The van der Waals surface area contributed by atoms with Crippen molar-refractivity contribution in [1.82, 2.24) is 9.80 Å². The average molecular weight is 361 g/mol. The van der Waals surface area contributed by atoms with Crippen LogP contribution < -0.4 is 5.32 Å². The smallest absolute Gasteiger partial charge is 0.239 e. The number of nitrogens with one attached hydrogen (secondary N) is 1. The third-order valence-electron chi connectivity index (χ3n) is 4.81. The number of rotatable bonds is 5. The Morgan fingerprint density at radius 2 is 1.88 bits per heavy atom. The van der Waals surface area contributed by atoms with Gasteiger partial charge in [0.2, 0.25) is 11.8 Å². The lowest BCUT2D eigenvalue weighted by atomic mass is 10.1. The summed E-state index contributed by atoms with van der Waals surface area (Å²) in [5, 5.41) is 2.94. The van der Waals surface area contributed by atoms with Gasteiger partial charge >= 0.3 is 0 Å². The van der Waals surface area contributed by atoms with Crippen molar-refractivity contribution in [2.45, 2.75) is 52.9 Å². The molecule has 2 rings (SSSR count). The molecule has 0 spiro atoms. The monoisotopic (exact) mass is 361 g/mol. The quantitative estimate of drug-likeness (QED) is 0.873. The lowest BCUT2D eigenvalue weighted by molar-refractivity contribution is -0.148. The maximum Gasteiger partial charge on any atom is 0.239 e. The Balaban J connectivity index is 1.93. The molecule has 1 fully saturated rings. The molecule has 2 amide bonds. The van der Waals surface area contributed by atoms with E-state index in [1.54, 1.807) is 11.9 Å². The van der Waals surface area contributed by atoms with E-state index in [1.165, 1.54) is 0 Å². The van der Waals surface area contributed by atoms with Crippen molar-refractivity contribution in [3.8, 4) is 0 Å². The number of ether oxygens (including phenoxy) is 1. The molecule has 1 aliphatic rings. The highest BCUT2D eigenvalue weighted by atomic mass is 16.5. The summed E-state index contributed by atoms with van der Waals surface area (Å²) >= 11 is 0. The molecular weight excluding hydrogens is 330 g/mol. The first-order valence-corrected chi connectivity index (χ1v) is 9.19. The number of morpholine rings is 1. The fourth-order valence-corrected chi connectivity index (χ4v) is 3.23. The van der Waals surface area contributed by atoms with Crippen LogP contribution in [0.4, 0.5) is 5.69 Å². The van der Waals surface area contributed by atoms with E-state index in [2.05, 4.69) is 5.32 Å². The molecule has 0 radical (unpaired) electrons. The van der Waals surface area contributed by atoms with Gasteiger partial charge in [-0.25, -0.2) is 0 Å². The lowest BCUT2D eigenvalue weighted by Crippen LogP contribution is -2.54. The van der Waals surface area contributed by atoms with Gasteiger partial charge in [0.15, 0.2) is 0 Å². The van der Waals surface area contributed by atoms with Crippen LogP contribution in [0.25, 0.3) is 0 Å². The fourth-order valence-electron chi connectivity index (χ4n) is 3.23. The third kappa shape index (κ3) is 5.29. The molecule has 1 aromatic rings. The molecule has 0 unspecified atom stereocenters. The van der Waals surface area contributed by atoms with Crippen molar-refractivity contribution in [2.24, 2.45) is 0 Å². The van der Waals surface area contributed by atoms with Crippen LogP contribution in [0.15, 0.2) is 18.2 Å². The summed E-state index contributed by atoms with van der Waals surface area (Å²) in [5.74, 6) is -0.0846. The van der Waals surface area contributed by atoms with Gasteiger partial charge in [-0.15, -0.1) is 0 Å². The van der Waals surface area contributed by atoms with Gasteiger partial charge in [-0.3, -0.25) is 14.5 Å². The second kappa shape index (κ2) is 8.64. The summed E-state index contributed by atoms with van der Waals surface area (Å²) in [6.07, 6.45) is 0.0700. The predicted molar refractivity (Wildman–Crippen MR) is 103 cm³/mol. The molecule has 0 aliphatic carbocycles. The van der Waals surface area contributed by atoms with E-state index in [9.17, 15) is 9.59 Å². The molecule has 6 nitrogen and oxygen atoms in total. The largest absolute Gasteiger partial charge is 0.372 e. The minimum Gasteiger partial charge on any atom is -0.372 e. The second-order valence-electron chi connectivity index (χ2n) is 7.46. The van der Waals surface area contributed by atoms with Gasteiger partial charge in [-0.1, -0.05) is 12.1 Å². The highest BCUT2D eigenvalue weighted by Crippen LogP contribution is 2.17. The van der Waals surface area contributed by atoms with Crippen LogP contribution in [-0.4, -0.2) is 66.5 Å². The van der Waals surface area contributed by atoms with Crippen LogP contribution >= 0.6 is 0 Å². The fraction of sp³-hybridized carbons (Fsp3) is 0.600. The molecule has 144 valence electrons. The number of hydrogen-bond acceptors (Lipinski definition) is 4. The predicted octanol–water partition coefficient (Wildman–Crippen LogP) is 2.20. The Hall–Kier alpha value is -1.92. The number of likely N-dealkylation sites (N-methyl/N-ethyl adjacent to an activating group) is 1. The van der Waals surface area contributed by atoms with Gasteiger partial charge in [0.1, 0.15) is 0 Å². The zero-order chi connectivity index (χ0) is 19.4. The third-order valence-corrected chi connectivity index (χ3v) is 4.81. The zero-order valence-electron chi connectivity index (χ0n) is 16.7. The highest BCUT2D eigenvalue weighted by molar-refractivity contribution is 5.93. The second-order valence-corrected chi connectivity index (χ2v) is 7.46. The van der Waals surface area contributed by atoms with Gasteiger partial charge in [-0.05, 0) is 58.9 Å². The molecule has 1 saturated heterocycles. The van der Waals surface area contributed by atoms with Gasteiger partial charge in [-0.2, -0.15) is 0 Å². The first-order valence-electron chi connectivity index (χ1n) is 9.19. The number of carbonyl (C=O) groups is 2. The van der Waals surface area contributed by atoms with Gasteiger partial charge < -0.3 is 15.0 Å². The van der Waals surface area contributed by atoms with Crippen LogP contribution in [0.3, 0.4) is 0 Å². The van der Waals surface area contributed by atoms with Crippen LogP contribution in [0.5, 0.6) is 0 Å². The molecule has 1 aromatic carbocycles. The SMILES string of the molecule is Cc1ccc(C)c(NC(=O)CN(C)[C@H](C)C(=O)N2C[C@@H](C)O[C@@H](C)C2)c1.